The number of aromatic nitrogens is 2. The zero-order valence-corrected chi connectivity index (χ0v) is 20.4. The number of halogens is 1. The Labute approximate surface area is 200 Å². The molecule has 0 atom stereocenters. The largest absolute Gasteiger partial charge is 0.387 e. The van der Waals surface area contributed by atoms with Gasteiger partial charge in [-0.3, -0.25) is 19.0 Å². The highest BCUT2D eigenvalue weighted by Crippen LogP contribution is 2.29. The Hall–Kier alpha value is -3.20. The molecule has 33 heavy (non-hydrogen) atoms. The van der Waals surface area contributed by atoms with Gasteiger partial charge >= 0.3 is 0 Å². The maximum Gasteiger partial charge on any atom is 0.265 e. The third-order valence-electron chi connectivity index (χ3n) is 5.85. The Morgan fingerprint density at radius 3 is 2.55 bits per heavy atom. The van der Waals surface area contributed by atoms with E-state index in [1.165, 1.54) is 4.57 Å². The van der Waals surface area contributed by atoms with Gasteiger partial charge < -0.3 is 15.5 Å². The summed E-state index contributed by atoms with van der Waals surface area (Å²) in [4.78, 5) is 45.3. The van der Waals surface area contributed by atoms with Crippen LogP contribution in [0.2, 0.25) is 0 Å². The van der Waals surface area contributed by atoms with Crippen LogP contribution in [0.5, 0.6) is 0 Å². The minimum Gasteiger partial charge on any atom is -0.387 e. The van der Waals surface area contributed by atoms with Crippen molar-refractivity contribution in [3.8, 4) is 0 Å². The molecule has 0 aliphatic carbocycles. The van der Waals surface area contributed by atoms with E-state index >= 15 is 0 Å². The molecule has 1 fully saturated rings. The fourth-order valence-corrected chi connectivity index (χ4v) is 4.49. The van der Waals surface area contributed by atoms with E-state index in [9.17, 15) is 14.4 Å². The first kappa shape index (κ1) is 23.0. The maximum absolute atomic E-state index is 13.4. The molecule has 4 rings (SSSR count). The highest BCUT2D eigenvalue weighted by molar-refractivity contribution is 9.10. The lowest BCUT2D eigenvalue weighted by Crippen LogP contribution is -2.50. The second-order valence-electron chi connectivity index (χ2n) is 8.49. The Morgan fingerprint density at radius 2 is 1.91 bits per heavy atom. The van der Waals surface area contributed by atoms with Gasteiger partial charge in [-0.1, -0.05) is 36.8 Å². The third kappa shape index (κ3) is 4.64. The van der Waals surface area contributed by atoms with Crippen molar-refractivity contribution < 1.29 is 9.59 Å². The molecule has 3 heterocycles. The van der Waals surface area contributed by atoms with Gasteiger partial charge in [-0.05, 0) is 40.4 Å². The number of anilines is 1. The third-order valence-corrected chi connectivity index (χ3v) is 6.45. The Bertz CT molecular complexity index is 1280. The van der Waals surface area contributed by atoms with Gasteiger partial charge in [-0.15, -0.1) is 0 Å². The molecule has 0 spiro atoms. The van der Waals surface area contributed by atoms with Gasteiger partial charge in [-0.25, -0.2) is 4.98 Å². The molecule has 1 saturated heterocycles. The highest BCUT2D eigenvalue weighted by Gasteiger charge is 2.28. The molecular formula is C24H26BrN5O3. The van der Waals surface area contributed by atoms with Crippen LogP contribution in [0.1, 0.15) is 28.4 Å². The van der Waals surface area contributed by atoms with Crippen molar-refractivity contribution in [2.45, 2.75) is 26.9 Å². The van der Waals surface area contributed by atoms with Crippen LogP contribution in [0.4, 0.5) is 5.69 Å². The molecular weight excluding hydrogens is 486 g/mol. The first-order valence-electron chi connectivity index (χ1n) is 10.8. The molecule has 1 aromatic carbocycles. The molecule has 1 aliphatic heterocycles. The Morgan fingerprint density at radius 1 is 1.21 bits per heavy atom. The van der Waals surface area contributed by atoms with E-state index in [2.05, 4.69) is 38.5 Å². The van der Waals surface area contributed by atoms with E-state index in [0.29, 0.717) is 40.2 Å². The monoisotopic (exact) mass is 511 g/mol. The molecule has 3 aromatic rings. The van der Waals surface area contributed by atoms with E-state index in [0.717, 1.165) is 11.1 Å². The van der Waals surface area contributed by atoms with Crippen LogP contribution in [0.15, 0.2) is 45.8 Å². The lowest BCUT2D eigenvalue weighted by Gasteiger charge is -2.37. The van der Waals surface area contributed by atoms with Crippen LogP contribution in [0, 0.1) is 12.8 Å². The predicted octanol–water partition coefficient (Wildman–Crippen LogP) is 2.92. The summed E-state index contributed by atoms with van der Waals surface area (Å²) >= 11 is 3.46. The zero-order valence-electron chi connectivity index (χ0n) is 18.8. The molecule has 0 bridgehead atoms. The maximum atomic E-state index is 13.4. The number of nitrogens with zero attached hydrogens (tertiary/aromatic N) is 3. The summed E-state index contributed by atoms with van der Waals surface area (Å²) in [6, 6.07) is 9.34. The zero-order chi connectivity index (χ0) is 23.7. The Kier molecular flexibility index (Phi) is 6.51. The highest BCUT2D eigenvalue weighted by atomic mass is 79.9. The molecule has 8 nitrogen and oxygen atoms in total. The summed E-state index contributed by atoms with van der Waals surface area (Å²) in [7, 11) is 1.75. The van der Waals surface area contributed by atoms with E-state index < -0.39 is 11.5 Å². The van der Waals surface area contributed by atoms with Gasteiger partial charge in [0.2, 0.25) is 5.91 Å². The number of likely N-dealkylation sites (tertiary alicyclic amines) is 1. The van der Waals surface area contributed by atoms with Crippen LogP contribution in [0.3, 0.4) is 0 Å². The van der Waals surface area contributed by atoms with E-state index in [1.807, 2.05) is 31.2 Å². The minimum atomic E-state index is -0.539. The van der Waals surface area contributed by atoms with E-state index in [-0.39, 0.29) is 24.6 Å². The van der Waals surface area contributed by atoms with Gasteiger partial charge in [0, 0.05) is 38.3 Å². The van der Waals surface area contributed by atoms with E-state index in [1.54, 1.807) is 24.2 Å². The number of pyridine rings is 2. The van der Waals surface area contributed by atoms with Gasteiger partial charge in [0.25, 0.3) is 11.5 Å². The average molecular weight is 512 g/mol. The molecule has 2 amide bonds. The van der Waals surface area contributed by atoms with Crippen molar-refractivity contribution in [2.75, 3.05) is 25.5 Å². The molecule has 1 aliphatic rings. The fourth-order valence-electron chi connectivity index (χ4n) is 3.98. The van der Waals surface area contributed by atoms with Crippen molar-refractivity contribution in [3.63, 3.8) is 0 Å². The number of hydrogen-bond acceptors (Lipinski definition) is 5. The number of nitrogens with one attached hydrogen (secondary N) is 2. The summed E-state index contributed by atoms with van der Waals surface area (Å²) in [5, 5.41) is 6.49. The molecule has 2 aromatic heterocycles. The second-order valence-corrected chi connectivity index (χ2v) is 9.34. The van der Waals surface area contributed by atoms with Crippen LogP contribution in [-0.4, -0.2) is 46.4 Å². The van der Waals surface area contributed by atoms with Gasteiger partial charge in [-0.2, -0.15) is 0 Å². The van der Waals surface area contributed by atoms with Gasteiger partial charge in [0.15, 0.2) is 0 Å². The number of carbonyl (C=O) groups is 2. The summed E-state index contributed by atoms with van der Waals surface area (Å²) in [5.41, 5.74) is 2.52. The molecule has 172 valence electrons. The smallest absolute Gasteiger partial charge is 0.265 e. The molecule has 0 radical (unpaired) electrons. The van der Waals surface area contributed by atoms with Crippen molar-refractivity contribution in [2.24, 2.45) is 5.92 Å². The molecule has 0 saturated carbocycles. The van der Waals surface area contributed by atoms with Crippen LogP contribution >= 0.6 is 15.9 Å². The molecule has 9 heteroatoms. The number of amides is 2. The number of aryl methyl sites for hydroxylation is 1. The van der Waals surface area contributed by atoms with Crippen LogP contribution < -0.4 is 16.2 Å². The molecule has 0 unspecified atom stereocenters. The first-order valence-corrected chi connectivity index (χ1v) is 11.6. The van der Waals surface area contributed by atoms with Crippen LogP contribution in [0.25, 0.3) is 11.0 Å². The van der Waals surface area contributed by atoms with Crippen molar-refractivity contribution in [3.05, 3.63) is 68.0 Å². The lowest BCUT2D eigenvalue weighted by molar-refractivity contribution is -0.137. The number of hydrogen-bond donors (Lipinski definition) is 2. The summed E-state index contributed by atoms with van der Waals surface area (Å²) in [5.74, 6) is -0.209. The summed E-state index contributed by atoms with van der Waals surface area (Å²) < 4.78 is 1.99. The van der Waals surface area contributed by atoms with Gasteiger partial charge in [0.1, 0.15) is 17.8 Å². The SMILES string of the molecule is CNc1c(Br)cnc2c1cc(C(=O)NCc1ccc(C)cc1)c(=O)n2CC(=O)N1CC(C)C1. The summed E-state index contributed by atoms with van der Waals surface area (Å²) in [6.45, 7) is 5.53. The summed E-state index contributed by atoms with van der Waals surface area (Å²) in [6.07, 6.45) is 1.58. The molecule has 2 N–H and O–H groups in total. The van der Waals surface area contributed by atoms with Crippen molar-refractivity contribution in [1.29, 1.82) is 0 Å². The van der Waals surface area contributed by atoms with Crippen molar-refractivity contribution in [1.82, 2.24) is 19.8 Å². The predicted molar refractivity (Wildman–Crippen MR) is 131 cm³/mol. The Balaban J connectivity index is 1.72. The van der Waals surface area contributed by atoms with Crippen LogP contribution in [-0.2, 0) is 17.9 Å². The number of fused-ring (bicyclic) bond motifs is 1. The van der Waals surface area contributed by atoms with Crippen molar-refractivity contribution >= 4 is 44.5 Å². The standard InChI is InChI=1S/C24H26BrN5O3/c1-14-4-6-16(7-5-14)9-28-23(32)18-8-17-21(26-3)19(25)10-27-22(17)30(24(18)33)13-20(31)29-11-15(2)12-29/h4-8,10,15H,9,11-13H2,1-3H3,(H,26,27)(H,28,32). The van der Waals surface area contributed by atoms with E-state index in [4.69, 9.17) is 0 Å². The lowest BCUT2D eigenvalue weighted by atomic mass is 10.0. The average Bonchev–Trinajstić information content (AvgIpc) is 2.77. The second kappa shape index (κ2) is 9.35. The number of benzene rings is 1. The number of rotatable bonds is 6. The van der Waals surface area contributed by atoms with Gasteiger partial charge in [0.05, 0.1) is 10.2 Å². The first-order chi connectivity index (χ1) is 15.8. The number of carbonyl (C=O) groups excluding carboxylic acids is 2. The normalized spacial score (nSPS) is 13.6. The topological polar surface area (TPSA) is 96.3 Å². The minimum absolute atomic E-state index is 0.0317. The fraction of sp³-hybridized carbons (Fsp3) is 0.333. The quantitative estimate of drug-likeness (QED) is 0.530.